The topological polar surface area (TPSA) is 28.2 Å². The van der Waals surface area contributed by atoms with E-state index in [1.807, 2.05) is 0 Å². The summed E-state index contributed by atoms with van der Waals surface area (Å²) in [5, 5.41) is 3.44. The van der Waals surface area contributed by atoms with Crippen LogP contribution in [0.4, 0.5) is 5.82 Å². The molecule has 0 aliphatic rings. The Bertz CT molecular complexity index is 343. The third-order valence-electron chi connectivity index (χ3n) is 2.80. The minimum Gasteiger partial charge on any atom is -0.357 e. The van der Waals surface area contributed by atoms with E-state index >= 15 is 0 Å². The summed E-state index contributed by atoms with van der Waals surface area (Å²) in [6.07, 6.45) is 0. The van der Waals surface area contributed by atoms with E-state index in [9.17, 15) is 0 Å². The van der Waals surface area contributed by atoms with E-state index in [-0.39, 0.29) is 0 Å². The van der Waals surface area contributed by atoms with Gasteiger partial charge in [-0.25, -0.2) is 4.98 Å². The summed E-state index contributed by atoms with van der Waals surface area (Å²) in [7, 11) is 0. The van der Waals surface area contributed by atoms with Crippen LogP contribution in [-0.4, -0.2) is 24.1 Å². The largest absolute Gasteiger partial charge is 0.357 e. The monoisotopic (exact) mass is 235 g/mol. The Morgan fingerprint density at radius 1 is 1.24 bits per heavy atom. The van der Waals surface area contributed by atoms with Crippen LogP contribution >= 0.6 is 0 Å². The van der Waals surface area contributed by atoms with E-state index in [1.54, 1.807) is 0 Å². The van der Waals surface area contributed by atoms with Gasteiger partial charge in [-0.2, -0.15) is 0 Å². The first-order chi connectivity index (χ1) is 8.06. The molecule has 1 N–H and O–H groups in total. The lowest BCUT2D eigenvalue weighted by molar-refractivity contribution is 0.588. The van der Waals surface area contributed by atoms with E-state index < -0.39 is 0 Å². The number of pyridine rings is 1. The van der Waals surface area contributed by atoms with Crippen LogP contribution in [0.1, 0.15) is 39.0 Å². The standard InChI is InChI=1S/C14H25N3/c1-6-17(7-2)14-9-13(8-12(5)16-14)10-15-11(3)4/h8-9,11,15H,6-7,10H2,1-5H3. The van der Waals surface area contributed by atoms with E-state index in [4.69, 9.17) is 0 Å². The second-order valence-corrected chi connectivity index (χ2v) is 4.68. The van der Waals surface area contributed by atoms with Crippen molar-refractivity contribution in [2.24, 2.45) is 0 Å². The van der Waals surface area contributed by atoms with Crippen LogP contribution in [0.15, 0.2) is 12.1 Å². The molecule has 0 fully saturated rings. The van der Waals surface area contributed by atoms with Gasteiger partial charge in [0.2, 0.25) is 0 Å². The molecule has 0 amide bonds. The van der Waals surface area contributed by atoms with Crippen LogP contribution < -0.4 is 10.2 Å². The van der Waals surface area contributed by atoms with Crippen molar-refractivity contribution >= 4 is 5.82 Å². The third-order valence-corrected chi connectivity index (χ3v) is 2.80. The molecule has 0 spiro atoms. The molecule has 1 rings (SSSR count). The molecule has 0 aliphatic carbocycles. The summed E-state index contributed by atoms with van der Waals surface area (Å²) in [5.41, 5.74) is 2.41. The van der Waals surface area contributed by atoms with Gasteiger partial charge >= 0.3 is 0 Å². The Morgan fingerprint density at radius 2 is 1.88 bits per heavy atom. The van der Waals surface area contributed by atoms with Crippen molar-refractivity contribution in [1.29, 1.82) is 0 Å². The molecule has 0 aromatic carbocycles. The van der Waals surface area contributed by atoms with Crippen LogP contribution in [0.25, 0.3) is 0 Å². The molecule has 0 unspecified atom stereocenters. The van der Waals surface area contributed by atoms with Crippen molar-refractivity contribution in [1.82, 2.24) is 10.3 Å². The lowest BCUT2D eigenvalue weighted by Crippen LogP contribution is -2.25. The highest BCUT2D eigenvalue weighted by Gasteiger charge is 2.06. The van der Waals surface area contributed by atoms with Crippen molar-refractivity contribution in [2.45, 2.75) is 47.2 Å². The molecule has 0 atom stereocenters. The van der Waals surface area contributed by atoms with E-state index in [1.165, 1.54) is 5.56 Å². The molecule has 3 nitrogen and oxygen atoms in total. The summed E-state index contributed by atoms with van der Waals surface area (Å²) in [6, 6.07) is 4.86. The molecule has 1 heterocycles. The second kappa shape index (κ2) is 6.60. The number of hydrogen-bond acceptors (Lipinski definition) is 3. The molecule has 0 saturated carbocycles. The van der Waals surface area contributed by atoms with Crippen molar-refractivity contribution in [3.05, 3.63) is 23.4 Å². The maximum absolute atomic E-state index is 4.60. The summed E-state index contributed by atoms with van der Waals surface area (Å²) in [6.45, 7) is 13.6. The first-order valence-electron chi connectivity index (χ1n) is 6.52. The normalized spacial score (nSPS) is 10.9. The Balaban J connectivity index is 2.85. The number of anilines is 1. The fraction of sp³-hybridized carbons (Fsp3) is 0.643. The van der Waals surface area contributed by atoms with E-state index in [0.29, 0.717) is 6.04 Å². The van der Waals surface area contributed by atoms with Gasteiger partial charge in [-0.05, 0) is 38.5 Å². The van der Waals surface area contributed by atoms with Gasteiger partial charge in [0.1, 0.15) is 5.82 Å². The highest BCUT2D eigenvalue weighted by Crippen LogP contribution is 2.14. The first-order valence-corrected chi connectivity index (χ1v) is 6.52. The van der Waals surface area contributed by atoms with Crippen molar-refractivity contribution in [2.75, 3.05) is 18.0 Å². The minimum atomic E-state index is 0.514. The Kier molecular flexibility index (Phi) is 5.42. The quantitative estimate of drug-likeness (QED) is 0.821. The number of nitrogens with zero attached hydrogens (tertiary/aromatic N) is 2. The van der Waals surface area contributed by atoms with Gasteiger partial charge in [-0.15, -0.1) is 0 Å². The molecule has 1 aromatic rings. The highest BCUT2D eigenvalue weighted by molar-refractivity contribution is 5.42. The summed E-state index contributed by atoms with van der Waals surface area (Å²) in [4.78, 5) is 6.88. The average Bonchev–Trinajstić information content (AvgIpc) is 2.27. The highest BCUT2D eigenvalue weighted by atomic mass is 15.2. The van der Waals surface area contributed by atoms with Crippen molar-refractivity contribution in [3.63, 3.8) is 0 Å². The molecule has 96 valence electrons. The van der Waals surface area contributed by atoms with Crippen LogP contribution in [-0.2, 0) is 6.54 Å². The number of hydrogen-bond donors (Lipinski definition) is 1. The molecular formula is C14H25N3. The van der Waals surface area contributed by atoms with Crippen LogP contribution in [0.2, 0.25) is 0 Å². The molecular weight excluding hydrogens is 210 g/mol. The Labute approximate surface area is 105 Å². The fourth-order valence-electron chi connectivity index (χ4n) is 1.85. The Hall–Kier alpha value is -1.09. The van der Waals surface area contributed by atoms with Gasteiger partial charge in [0.25, 0.3) is 0 Å². The number of aryl methyl sites for hydroxylation is 1. The molecule has 3 heteroatoms. The van der Waals surface area contributed by atoms with Crippen LogP contribution in [0.5, 0.6) is 0 Å². The summed E-state index contributed by atoms with van der Waals surface area (Å²) < 4.78 is 0. The van der Waals surface area contributed by atoms with Gasteiger partial charge in [-0.3, -0.25) is 0 Å². The predicted molar refractivity (Wildman–Crippen MR) is 74.5 cm³/mol. The molecule has 0 radical (unpaired) electrons. The lowest BCUT2D eigenvalue weighted by Gasteiger charge is -2.21. The molecule has 1 aromatic heterocycles. The van der Waals surface area contributed by atoms with Gasteiger partial charge in [0.15, 0.2) is 0 Å². The van der Waals surface area contributed by atoms with Crippen molar-refractivity contribution in [3.8, 4) is 0 Å². The van der Waals surface area contributed by atoms with Gasteiger partial charge < -0.3 is 10.2 Å². The van der Waals surface area contributed by atoms with Gasteiger partial charge in [0, 0.05) is 31.4 Å². The fourth-order valence-corrected chi connectivity index (χ4v) is 1.85. The SMILES string of the molecule is CCN(CC)c1cc(CNC(C)C)cc(C)n1. The van der Waals surface area contributed by atoms with E-state index in [2.05, 4.69) is 62.0 Å². The molecule has 0 aliphatic heterocycles. The molecule has 17 heavy (non-hydrogen) atoms. The van der Waals surface area contributed by atoms with Gasteiger partial charge in [0.05, 0.1) is 0 Å². The predicted octanol–water partition coefficient (Wildman–Crippen LogP) is 2.73. The van der Waals surface area contributed by atoms with Crippen LogP contribution in [0, 0.1) is 6.92 Å². The zero-order valence-corrected chi connectivity index (χ0v) is 11.7. The number of aromatic nitrogens is 1. The zero-order chi connectivity index (χ0) is 12.8. The van der Waals surface area contributed by atoms with Crippen molar-refractivity contribution < 1.29 is 0 Å². The Morgan fingerprint density at radius 3 is 2.41 bits per heavy atom. The lowest BCUT2D eigenvalue weighted by atomic mass is 10.2. The average molecular weight is 235 g/mol. The zero-order valence-electron chi connectivity index (χ0n) is 11.7. The smallest absolute Gasteiger partial charge is 0.129 e. The first kappa shape index (κ1) is 14.0. The van der Waals surface area contributed by atoms with E-state index in [0.717, 1.165) is 31.1 Å². The maximum atomic E-state index is 4.60. The molecule has 0 saturated heterocycles. The minimum absolute atomic E-state index is 0.514. The number of nitrogens with one attached hydrogen (secondary N) is 1. The second-order valence-electron chi connectivity index (χ2n) is 4.68. The summed E-state index contributed by atoms with van der Waals surface area (Å²) >= 11 is 0. The maximum Gasteiger partial charge on any atom is 0.129 e. The van der Waals surface area contributed by atoms with Gasteiger partial charge in [-0.1, -0.05) is 13.8 Å². The number of rotatable bonds is 6. The van der Waals surface area contributed by atoms with Crippen LogP contribution in [0.3, 0.4) is 0 Å². The third kappa shape index (κ3) is 4.35. The summed E-state index contributed by atoms with van der Waals surface area (Å²) in [5.74, 6) is 1.09. The molecule has 0 bridgehead atoms.